The zero-order chi connectivity index (χ0) is 47.5. The summed E-state index contributed by atoms with van der Waals surface area (Å²) in [5.41, 5.74) is 0. The molecule has 0 aromatic heterocycles. The molecule has 0 aliphatic rings. The molecule has 0 N–H and O–H groups in total. The molecule has 0 radical (unpaired) electrons. The number of carbonyl (C=O) groups is 3. The highest BCUT2D eigenvalue weighted by atomic mass is 16.6. The van der Waals surface area contributed by atoms with Crippen LogP contribution in [0, 0.1) is 11.8 Å². The average molecular weight is 920 g/mol. The van der Waals surface area contributed by atoms with Gasteiger partial charge in [-0.2, -0.15) is 0 Å². The number of esters is 3. The Morgan fingerprint density at radius 1 is 0.292 bits per heavy atom. The molecule has 0 amide bonds. The molecule has 0 bridgehead atoms. The maximum absolute atomic E-state index is 12.8. The van der Waals surface area contributed by atoms with Crippen molar-refractivity contribution in [2.24, 2.45) is 11.8 Å². The predicted molar refractivity (Wildman–Crippen MR) is 280 cm³/mol. The van der Waals surface area contributed by atoms with Gasteiger partial charge in [-0.05, 0) is 31.1 Å². The highest BCUT2D eigenvalue weighted by Gasteiger charge is 2.19. The van der Waals surface area contributed by atoms with Crippen LogP contribution in [-0.2, 0) is 28.6 Å². The molecule has 0 spiro atoms. The molecular formula is C59H114O6. The molecule has 0 aliphatic heterocycles. The minimum Gasteiger partial charge on any atom is -0.462 e. The van der Waals surface area contributed by atoms with Crippen molar-refractivity contribution < 1.29 is 28.6 Å². The molecule has 0 aromatic rings. The van der Waals surface area contributed by atoms with Crippen molar-refractivity contribution in [2.45, 2.75) is 336 Å². The summed E-state index contributed by atoms with van der Waals surface area (Å²) >= 11 is 0. The Balaban J connectivity index is 4.28. The minimum absolute atomic E-state index is 0.0627. The van der Waals surface area contributed by atoms with E-state index in [-0.39, 0.29) is 31.1 Å². The Hall–Kier alpha value is -1.59. The van der Waals surface area contributed by atoms with Crippen molar-refractivity contribution in [3.63, 3.8) is 0 Å². The first-order chi connectivity index (χ1) is 31.7. The second kappa shape index (κ2) is 51.8. The van der Waals surface area contributed by atoms with Crippen molar-refractivity contribution in [1.82, 2.24) is 0 Å². The molecule has 0 saturated carbocycles. The highest BCUT2D eigenvalue weighted by Crippen LogP contribution is 2.18. The van der Waals surface area contributed by atoms with Crippen molar-refractivity contribution in [2.75, 3.05) is 13.2 Å². The lowest BCUT2D eigenvalue weighted by molar-refractivity contribution is -0.167. The molecule has 0 saturated heterocycles. The Kier molecular flexibility index (Phi) is 50.5. The first-order valence-electron chi connectivity index (χ1n) is 29.2. The first kappa shape index (κ1) is 63.4. The van der Waals surface area contributed by atoms with Crippen molar-refractivity contribution in [3.05, 3.63) is 0 Å². The fourth-order valence-electron chi connectivity index (χ4n) is 9.05. The summed E-state index contributed by atoms with van der Waals surface area (Å²) in [6.07, 6.45) is 55.2. The molecule has 386 valence electrons. The fourth-order valence-corrected chi connectivity index (χ4v) is 9.05. The summed E-state index contributed by atoms with van der Waals surface area (Å²) in [5.74, 6) is 0.829. The van der Waals surface area contributed by atoms with Crippen LogP contribution in [0.1, 0.15) is 330 Å². The van der Waals surface area contributed by atoms with Crippen LogP contribution in [0.5, 0.6) is 0 Å². The maximum Gasteiger partial charge on any atom is 0.306 e. The van der Waals surface area contributed by atoms with Crippen LogP contribution in [0.15, 0.2) is 0 Å². The molecule has 0 unspecified atom stereocenters. The van der Waals surface area contributed by atoms with Gasteiger partial charge in [0.1, 0.15) is 13.2 Å². The van der Waals surface area contributed by atoms with Crippen molar-refractivity contribution >= 4 is 17.9 Å². The van der Waals surface area contributed by atoms with E-state index in [2.05, 4.69) is 34.6 Å². The van der Waals surface area contributed by atoms with Crippen LogP contribution in [-0.4, -0.2) is 37.2 Å². The Morgan fingerprint density at radius 3 is 0.754 bits per heavy atom. The quantitative estimate of drug-likeness (QED) is 0.0344. The first-order valence-corrected chi connectivity index (χ1v) is 29.2. The van der Waals surface area contributed by atoms with Gasteiger partial charge in [-0.15, -0.1) is 0 Å². The van der Waals surface area contributed by atoms with Gasteiger partial charge in [-0.3, -0.25) is 14.4 Å². The van der Waals surface area contributed by atoms with E-state index in [4.69, 9.17) is 14.2 Å². The SMILES string of the molecule is CCCCCCCCCCCCCCCCCCC(=O)O[C@@H](COC(=O)CCCCCCCCCCCCCCCCCC(C)C)COC(=O)CCCCCCCCCCCCC(C)C. The molecule has 0 aromatic carbocycles. The smallest absolute Gasteiger partial charge is 0.306 e. The standard InChI is InChI=1S/C59H114O6/c1-6-7-8-9-10-11-12-13-14-17-21-24-31-36-41-46-51-59(62)65-56(53-64-58(61)50-45-40-35-30-26-25-28-33-38-43-48-55(4)5)52-63-57(60)49-44-39-34-29-23-20-18-15-16-19-22-27-32-37-42-47-54(2)3/h54-56H,6-53H2,1-5H3/t56-/m0/s1. The van der Waals surface area contributed by atoms with Crippen LogP contribution < -0.4 is 0 Å². The summed E-state index contributed by atoms with van der Waals surface area (Å²) in [5, 5.41) is 0. The van der Waals surface area contributed by atoms with Gasteiger partial charge < -0.3 is 14.2 Å². The van der Waals surface area contributed by atoms with E-state index in [1.807, 2.05) is 0 Å². The molecule has 6 heteroatoms. The monoisotopic (exact) mass is 919 g/mol. The topological polar surface area (TPSA) is 78.9 Å². The van der Waals surface area contributed by atoms with Gasteiger partial charge in [0.2, 0.25) is 0 Å². The third-order valence-corrected chi connectivity index (χ3v) is 13.5. The lowest BCUT2D eigenvalue weighted by Crippen LogP contribution is -2.30. The van der Waals surface area contributed by atoms with E-state index in [1.54, 1.807) is 0 Å². The molecule has 6 nitrogen and oxygen atoms in total. The molecule has 65 heavy (non-hydrogen) atoms. The summed E-state index contributed by atoms with van der Waals surface area (Å²) in [6, 6.07) is 0. The number of hydrogen-bond acceptors (Lipinski definition) is 6. The fraction of sp³-hybridized carbons (Fsp3) is 0.949. The van der Waals surface area contributed by atoms with Gasteiger partial charge in [-0.1, -0.05) is 291 Å². The van der Waals surface area contributed by atoms with Gasteiger partial charge in [0.15, 0.2) is 6.10 Å². The van der Waals surface area contributed by atoms with E-state index >= 15 is 0 Å². The van der Waals surface area contributed by atoms with Gasteiger partial charge >= 0.3 is 17.9 Å². The molecule has 0 fully saturated rings. The molecule has 1 atom stereocenters. The summed E-state index contributed by atoms with van der Waals surface area (Å²) in [7, 11) is 0. The summed E-state index contributed by atoms with van der Waals surface area (Å²) in [6.45, 7) is 11.4. The van der Waals surface area contributed by atoms with E-state index in [0.717, 1.165) is 69.6 Å². The third kappa shape index (κ3) is 53.2. The zero-order valence-electron chi connectivity index (χ0n) is 44.6. The number of hydrogen-bond donors (Lipinski definition) is 0. The van der Waals surface area contributed by atoms with E-state index in [9.17, 15) is 14.4 Å². The van der Waals surface area contributed by atoms with Crippen LogP contribution in [0.4, 0.5) is 0 Å². The average Bonchev–Trinajstić information content (AvgIpc) is 3.28. The number of ether oxygens (including phenoxy) is 3. The zero-order valence-corrected chi connectivity index (χ0v) is 44.6. The Bertz CT molecular complexity index is 993. The van der Waals surface area contributed by atoms with E-state index in [0.29, 0.717) is 19.3 Å². The van der Waals surface area contributed by atoms with Crippen molar-refractivity contribution in [1.29, 1.82) is 0 Å². The molecule has 0 aliphatic carbocycles. The summed E-state index contributed by atoms with van der Waals surface area (Å²) < 4.78 is 16.9. The maximum atomic E-state index is 12.8. The van der Waals surface area contributed by atoms with Crippen molar-refractivity contribution in [3.8, 4) is 0 Å². The molecule has 0 heterocycles. The molecular weight excluding hydrogens is 805 g/mol. The highest BCUT2D eigenvalue weighted by molar-refractivity contribution is 5.71. The van der Waals surface area contributed by atoms with Gasteiger partial charge in [0.25, 0.3) is 0 Å². The largest absolute Gasteiger partial charge is 0.462 e. The predicted octanol–water partition coefficient (Wildman–Crippen LogP) is 19.3. The van der Waals surface area contributed by atoms with E-state index < -0.39 is 6.10 Å². The van der Waals surface area contributed by atoms with Crippen LogP contribution >= 0.6 is 0 Å². The minimum atomic E-state index is -0.763. The van der Waals surface area contributed by atoms with Crippen LogP contribution in [0.2, 0.25) is 0 Å². The second-order valence-electron chi connectivity index (χ2n) is 21.2. The van der Waals surface area contributed by atoms with Gasteiger partial charge in [0.05, 0.1) is 0 Å². The Labute approximate surface area is 406 Å². The number of unbranched alkanes of at least 4 members (excludes halogenated alkanes) is 38. The third-order valence-electron chi connectivity index (χ3n) is 13.5. The van der Waals surface area contributed by atoms with E-state index in [1.165, 1.54) is 218 Å². The van der Waals surface area contributed by atoms with Gasteiger partial charge in [0, 0.05) is 19.3 Å². The lowest BCUT2D eigenvalue weighted by Gasteiger charge is -2.18. The Morgan fingerprint density at radius 2 is 0.508 bits per heavy atom. The second-order valence-corrected chi connectivity index (χ2v) is 21.2. The number of carbonyl (C=O) groups excluding carboxylic acids is 3. The molecule has 0 rings (SSSR count). The lowest BCUT2D eigenvalue weighted by atomic mass is 10.0. The van der Waals surface area contributed by atoms with Crippen LogP contribution in [0.3, 0.4) is 0 Å². The number of rotatable bonds is 53. The van der Waals surface area contributed by atoms with Crippen LogP contribution in [0.25, 0.3) is 0 Å². The normalized spacial score (nSPS) is 12.0. The van der Waals surface area contributed by atoms with Gasteiger partial charge in [-0.25, -0.2) is 0 Å². The summed E-state index contributed by atoms with van der Waals surface area (Å²) in [4.78, 5) is 38.1.